The molecule has 6 rings (SSSR count). The maximum Gasteiger partial charge on any atom is 0.114 e. The van der Waals surface area contributed by atoms with Gasteiger partial charge < -0.3 is 0 Å². The quantitative estimate of drug-likeness (QED) is 0.492. The molecule has 2 aromatic carbocycles. The summed E-state index contributed by atoms with van der Waals surface area (Å²) in [5.41, 5.74) is 11.2. The lowest BCUT2D eigenvalue weighted by Gasteiger charge is -2.33. The van der Waals surface area contributed by atoms with Crippen molar-refractivity contribution in [2.75, 3.05) is 0 Å². The van der Waals surface area contributed by atoms with Crippen LogP contribution in [0.4, 0.5) is 0 Å². The fourth-order valence-corrected chi connectivity index (χ4v) is 10.4. The Kier molecular flexibility index (Phi) is 4.74. The lowest BCUT2D eigenvalue weighted by atomic mass is 9.91. The molecule has 2 unspecified atom stereocenters. The first-order chi connectivity index (χ1) is 16.0. The first-order valence-corrected chi connectivity index (χ1v) is 15.3. The largest absolute Gasteiger partial charge is 0.114 e. The lowest BCUT2D eigenvalue weighted by Crippen LogP contribution is -2.58. The number of rotatable bonds is 4. The van der Waals surface area contributed by atoms with E-state index in [1.807, 2.05) is 0 Å². The molecule has 33 heavy (non-hydrogen) atoms. The molecule has 0 nitrogen and oxygen atoms in total. The van der Waals surface area contributed by atoms with Gasteiger partial charge >= 0.3 is 0 Å². The maximum absolute atomic E-state index is 3.88. The molecule has 0 heterocycles. The molecule has 2 aromatic rings. The van der Waals surface area contributed by atoms with Gasteiger partial charge in [-0.25, -0.2) is 0 Å². The van der Waals surface area contributed by atoms with Gasteiger partial charge in [-0.05, 0) is 79.9 Å². The zero-order valence-electron chi connectivity index (χ0n) is 20.0. The molecule has 162 valence electrons. The zero-order chi connectivity index (χ0) is 22.7. The minimum absolute atomic E-state index is 0.360. The highest BCUT2D eigenvalue weighted by molar-refractivity contribution is 7.01. The Morgan fingerprint density at radius 1 is 0.667 bits per heavy atom. The predicted molar refractivity (Wildman–Crippen MR) is 142 cm³/mol. The second kappa shape index (κ2) is 7.57. The molecule has 0 aliphatic heterocycles. The number of aryl methyl sites for hydroxylation is 2. The Balaban J connectivity index is 1.62. The number of fused-ring (bicyclic) bond motifs is 6. The molecule has 4 aliphatic rings. The van der Waals surface area contributed by atoms with Crippen LogP contribution in [0.15, 0.2) is 84.0 Å². The van der Waals surface area contributed by atoms with Crippen molar-refractivity contribution in [3.8, 4) is 0 Å². The molecule has 0 bridgehead atoms. The van der Waals surface area contributed by atoms with Crippen molar-refractivity contribution in [2.45, 2.75) is 51.6 Å². The maximum atomic E-state index is 3.88. The second-order valence-corrected chi connectivity index (χ2v) is 14.3. The average molecular weight is 443 g/mol. The number of hydrogen-bond donors (Lipinski definition) is 0. The van der Waals surface area contributed by atoms with E-state index in [0.29, 0.717) is 11.8 Å². The van der Waals surface area contributed by atoms with E-state index >= 15 is 0 Å². The summed E-state index contributed by atoms with van der Waals surface area (Å²) in [6.07, 6.45) is 27.7. The summed E-state index contributed by atoms with van der Waals surface area (Å²) in [6, 6.07) is 9.54. The molecule has 1 heteroatoms. The van der Waals surface area contributed by atoms with Crippen molar-refractivity contribution in [3.63, 3.8) is 0 Å². The van der Waals surface area contributed by atoms with Gasteiger partial charge in [-0.3, -0.25) is 0 Å². The average Bonchev–Trinajstić information content (AvgIpc) is 3.40. The van der Waals surface area contributed by atoms with E-state index in [1.54, 1.807) is 10.4 Å². The Hall–Kier alpha value is -2.90. The topological polar surface area (TPSA) is 0 Å². The van der Waals surface area contributed by atoms with Crippen LogP contribution in [0.1, 0.15) is 59.1 Å². The highest BCUT2D eigenvalue weighted by Crippen LogP contribution is 2.41. The molecule has 0 spiro atoms. The minimum atomic E-state index is -2.08. The van der Waals surface area contributed by atoms with E-state index < -0.39 is 8.07 Å². The summed E-state index contributed by atoms with van der Waals surface area (Å²) < 4.78 is 0. The summed E-state index contributed by atoms with van der Waals surface area (Å²) in [6.45, 7) is 9.74. The monoisotopic (exact) mass is 442 g/mol. The van der Waals surface area contributed by atoms with Crippen LogP contribution in [0.25, 0.3) is 0 Å². The Morgan fingerprint density at radius 3 is 1.55 bits per heavy atom. The van der Waals surface area contributed by atoms with E-state index in [-0.39, 0.29) is 0 Å². The van der Waals surface area contributed by atoms with Crippen LogP contribution in [0.2, 0.25) is 13.1 Å². The van der Waals surface area contributed by atoms with Crippen molar-refractivity contribution in [2.24, 2.45) is 0 Å². The van der Waals surface area contributed by atoms with Crippen molar-refractivity contribution >= 4 is 18.4 Å². The summed E-state index contributed by atoms with van der Waals surface area (Å²) in [5.74, 6) is 0.719. The van der Waals surface area contributed by atoms with E-state index in [4.69, 9.17) is 0 Å². The van der Waals surface area contributed by atoms with Crippen LogP contribution in [-0.4, -0.2) is 8.07 Å². The van der Waals surface area contributed by atoms with Gasteiger partial charge in [0.2, 0.25) is 0 Å². The highest BCUT2D eigenvalue weighted by Gasteiger charge is 2.39. The first kappa shape index (κ1) is 20.7. The zero-order valence-corrected chi connectivity index (χ0v) is 21.0. The number of allylic oxidation sites excluding steroid dienone is 10. The molecule has 2 atom stereocenters. The van der Waals surface area contributed by atoms with Crippen LogP contribution in [0.5, 0.6) is 0 Å². The van der Waals surface area contributed by atoms with Crippen LogP contribution < -0.4 is 10.4 Å². The fraction of sp³-hybridized carbons (Fsp3) is 0.250. The van der Waals surface area contributed by atoms with Gasteiger partial charge in [-0.1, -0.05) is 99.8 Å². The molecule has 0 saturated carbocycles. The molecule has 0 N–H and O–H groups in total. The summed E-state index contributed by atoms with van der Waals surface area (Å²) >= 11 is 0. The second-order valence-electron chi connectivity index (χ2n) is 10.1. The van der Waals surface area contributed by atoms with E-state index in [1.165, 1.54) is 44.5 Å². The minimum Gasteiger partial charge on any atom is -0.0726 e. The normalized spacial score (nSPS) is 21.5. The van der Waals surface area contributed by atoms with Gasteiger partial charge in [-0.15, -0.1) is 0 Å². The van der Waals surface area contributed by atoms with Crippen molar-refractivity contribution in [1.82, 2.24) is 0 Å². The van der Waals surface area contributed by atoms with E-state index in [9.17, 15) is 0 Å². The molecule has 0 saturated heterocycles. The number of benzene rings is 2. The van der Waals surface area contributed by atoms with Gasteiger partial charge in [-0.2, -0.15) is 0 Å². The van der Waals surface area contributed by atoms with E-state index in [2.05, 4.69) is 112 Å². The molecule has 0 fully saturated rings. The first-order valence-electron chi connectivity index (χ1n) is 12.3. The number of hydrogen-bond acceptors (Lipinski definition) is 0. The molecule has 4 aliphatic carbocycles. The van der Waals surface area contributed by atoms with Crippen molar-refractivity contribution in [1.29, 1.82) is 0 Å². The Bertz CT molecular complexity index is 1250. The smallest absolute Gasteiger partial charge is 0.0726 e. The van der Waals surface area contributed by atoms with Gasteiger partial charge in [0, 0.05) is 11.8 Å². The Morgan fingerprint density at radius 2 is 1.12 bits per heavy atom. The summed E-state index contributed by atoms with van der Waals surface area (Å²) in [5, 5.41) is 3.17. The van der Waals surface area contributed by atoms with Crippen molar-refractivity contribution in [3.05, 3.63) is 130 Å². The molecule has 0 aromatic heterocycles. The van der Waals surface area contributed by atoms with Crippen LogP contribution in [0, 0.1) is 12.2 Å². The van der Waals surface area contributed by atoms with E-state index in [0.717, 1.165) is 12.8 Å². The fourth-order valence-electron chi connectivity index (χ4n) is 6.41. The van der Waals surface area contributed by atoms with Crippen LogP contribution >= 0.6 is 0 Å². The predicted octanol–water partition coefficient (Wildman–Crippen LogP) is 6.24. The summed E-state index contributed by atoms with van der Waals surface area (Å²) in [7, 11) is -2.08. The molecular weight excluding hydrogens is 412 g/mol. The third kappa shape index (κ3) is 2.95. The van der Waals surface area contributed by atoms with Crippen LogP contribution in [0.3, 0.4) is 0 Å². The molecule has 2 radical (unpaired) electrons. The van der Waals surface area contributed by atoms with Crippen LogP contribution in [-0.2, 0) is 12.8 Å². The van der Waals surface area contributed by atoms with Crippen molar-refractivity contribution < 1.29 is 0 Å². The summed E-state index contributed by atoms with van der Waals surface area (Å²) in [4.78, 5) is 0. The molecule has 0 amide bonds. The Labute approximate surface area is 199 Å². The third-order valence-electron chi connectivity index (χ3n) is 7.92. The van der Waals surface area contributed by atoms with Gasteiger partial charge in [0.05, 0.1) is 0 Å². The SMILES string of the molecule is CCc1ccc2c(c1[Si](C)(C)c1c(CC)ccc3c1[C]=C1C=CC=CC13)[C]=C1C=CC=CC12. The van der Waals surface area contributed by atoms with Gasteiger partial charge in [0.15, 0.2) is 0 Å². The standard InChI is InChI=1S/C32H30Si/c1-5-21-15-17-27-25-13-9-7-11-23(25)19-29(27)31(21)33(3,4)32-22(6-2)16-18-28-26-14-10-8-12-24(26)20-30(28)32/h7-18,25-26H,5-6H2,1-4H3. The third-order valence-corrected chi connectivity index (χ3v) is 11.6. The van der Waals surface area contributed by atoms with Gasteiger partial charge in [0.25, 0.3) is 0 Å². The molecular formula is C32H30Si. The lowest BCUT2D eigenvalue weighted by molar-refractivity contribution is 1.04. The highest BCUT2D eigenvalue weighted by atomic mass is 28.3. The van der Waals surface area contributed by atoms with Gasteiger partial charge in [0.1, 0.15) is 8.07 Å².